The van der Waals surface area contributed by atoms with Crippen LogP contribution < -0.4 is 5.32 Å². The highest BCUT2D eigenvalue weighted by atomic mass is 32.2. The Bertz CT molecular complexity index is 1250. The predicted molar refractivity (Wildman–Crippen MR) is 110 cm³/mol. The molecular weight excluding hydrogens is 433 g/mol. The quantitative estimate of drug-likeness (QED) is 0.535. The topological polar surface area (TPSA) is 105 Å². The molecule has 0 aliphatic heterocycles. The Morgan fingerprint density at radius 3 is 2.42 bits per heavy atom. The van der Waals surface area contributed by atoms with Crippen LogP contribution in [0.1, 0.15) is 48.6 Å². The molecule has 0 aliphatic carbocycles. The van der Waals surface area contributed by atoms with Gasteiger partial charge in [-0.25, -0.2) is 18.4 Å². The van der Waals surface area contributed by atoms with Crippen molar-refractivity contribution in [1.82, 2.24) is 15.0 Å². The van der Waals surface area contributed by atoms with Gasteiger partial charge in [-0.1, -0.05) is 19.9 Å². The molecule has 0 saturated heterocycles. The van der Waals surface area contributed by atoms with Crippen molar-refractivity contribution in [3.63, 3.8) is 0 Å². The van der Waals surface area contributed by atoms with Gasteiger partial charge in [0.1, 0.15) is 0 Å². The van der Waals surface area contributed by atoms with Crippen molar-refractivity contribution in [3.05, 3.63) is 47.4 Å². The molecule has 0 bridgehead atoms. The van der Waals surface area contributed by atoms with Gasteiger partial charge in [0.25, 0.3) is 0 Å². The van der Waals surface area contributed by atoms with Crippen LogP contribution in [0.5, 0.6) is 0 Å². The summed E-state index contributed by atoms with van der Waals surface area (Å²) in [6.45, 7) is 4.74. The number of carbonyl (C=O) groups excluding carboxylic acids is 1. The van der Waals surface area contributed by atoms with Crippen LogP contribution in [0.4, 0.5) is 19.1 Å². The maximum atomic E-state index is 13.4. The van der Waals surface area contributed by atoms with Crippen molar-refractivity contribution in [3.8, 4) is 0 Å². The molecule has 2 N–H and O–H groups in total. The van der Waals surface area contributed by atoms with Gasteiger partial charge in [-0.15, -0.1) is 0 Å². The molecule has 7 nitrogen and oxygen atoms in total. The maximum Gasteiger partial charge on any atom is 0.434 e. The first-order valence-electron chi connectivity index (χ1n) is 9.32. The average molecular weight is 454 g/mol. The SMILES string of the molecule is CC(=O)c1cnc(N[C@@H](c2cc3ccc(S(C)(=O)=O)cc3[nH]2)C(C)C)nc1C(F)(F)F. The Labute approximate surface area is 177 Å². The largest absolute Gasteiger partial charge is 0.434 e. The number of H-pyrrole nitrogens is 1. The summed E-state index contributed by atoms with van der Waals surface area (Å²) in [5.41, 5.74) is -0.690. The Morgan fingerprint density at radius 2 is 1.87 bits per heavy atom. The molecule has 0 fully saturated rings. The van der Waals surface area contributed by atoms with Crippen LogP contribution in [-0.4, -0.2) is 35.4 Å². The summed E-state index contributed by atoms with van der Waals surface area (Å²) in [6.07, 6.45) is -2.84. The lowest BCUT2D eigenvalue weighted by molar-refractivity contribution is -0.141. The summed E-state index contributed by atoms with van der Waals surface area (Å²) in [5.74, 6) is -1.14. The van der Waals surface area contributed by atoms with Crippen LogP contribution >= 0.6 is 0 Å². The van der Waals surface area contributed by atoms with Crippen LogP contribution in [-0.2, 0) is 16.0 Å². The van der Waals surface area contributed by atoms with E-state index in [1.807, 2.05) is 13.8 Å². The standard InChI is InChI=1S/C20H21F3N4O3S/c1-10(2)17(16-7-12-5-6-13(31(4,29)30)8-15(12)25-16)26-19-24-9-14(11(3)28)18(27-19)20(21,22)23/h5-10,17,25H,1-4H3,(H,24,26,27)/t17-/m1/s1. The average Bonchev–Trinajstić information content (AvgIpc) is 3.06. The molecule has 11 heteroatoms. The first-order valence-corrected chi connectivity index (χ1v) is 11.2. The number of nitrogens with one attached hydrogen (secondary N) is 2. The summed E-state index contributed by atoms with van der Waals surface area (Å²) >= 11 is 0. The minimum absolute atomic E-state index is 0.0899. The van der Waals surface area contributed by atoms with Crippen molar-refractivity contribution in [2.24, 2.45) is 5.92 Å². The van der Waals surface area contributed by atoms with Gasteiger partial charge >= 0.3 is 6.18 Å². The highest BCUT2D eigenvalue weighted by Crippen LogP contribution is 2.33. The molecule has 0 unspecified atom stereocenters. The molecule has 2 heterocycles. The van der Waals surface area contributed by atoms with Gasteiger partial charge in [0.05, 0.1) is 16.5 Å². The van der Waals surface area contributed by atoms with Crippen molar-refractivity contribution in [1.29, 1.82) is 0 Å². The van der Waals surface area contributed by atoms with Crippen LogP contribution in [0.25, 0.3) is 10.9 Å². The summed E-state index contributed by atoms with van der Waals surface area (Å²) in [6, 6.07) is 5.94. The first-order chi connectivity index (χ1) is 14.3. The number of hydrogen-bond acceptors (Lipinski definition) is 6. The van der Waals surface area contributed by atoms with Gasteiger partial charge in [0.2, 0.25) is 5.95 Å². The van der Waals surface area contributed by atoms with Gasteiger partial charge in [-0.3, -0.25) is 4.79 Å². The summed E-state index contributed by atoms with van der Waals surface area (Å²) in [7, 11) is -3.39. The third-order valence-corrected chi connectivity index (χ3v) is 5.88. The molecular formula is C20H21F3N4O3S. The number of hydrogen-bond donors (Lipinski definition) is 2. The Hall–Kier alpha value is -2.95. The van der Waals surface area contributed by atoms with Crippen LogP contribution in [0, 0.1) is 5.92 Å². The van der Waals surface area contributed by atoms with E-state index in [-0.39, 0.29) is 16.8 Å². The first kappa shape index (κ1) is 22.7. The molecule has 0 amide bonds. The van der Waals surface area contributed by atoms with E-state index in [0.717, 1.165) is 24.8 Å². The van der Waals surface area contributed by atoms with Crippen LogP contribution in [0.3, 0.4) is 0 Å². The number of benzene rings is 1. The van der Waals surface area contributed by atoms with Gasteiger partial charge < -0.3 is 10.3 Å². The number of halogens is 3. The van der Waals surface area contributed by atoms with Gasteiger partial charge in [0, 0.05) is 23.7 Å². The van der Waals surface area contributed by atoms with Crippen LogP contribution in [0.15, 0.2) is 35.4 Å². The summed E-state index contributed by atoms with van der Waals surface area (Å²) < 4.78 is 63.7. The third kappa shape index (κ3) is 4.87. The van der Waals surface area contributed by atoms with Crippen LogP contribution in [0.2, 0.25) is 0 Å². The number of sulfone groups is 1. The fraction of sp³-hybridized carbons (Fsp3) is 0.350. The molecule has 31 heavy (non-hydrogen) atoms. The molecule has 0 aliphatic rings. The molecule has 2 aromatic heterocycles. The number of aromatic nitrogens is 3. The number of aromatic amines is 1. The Morgan fingerprint density at radius 1 is 1.19 bits per heavy atom. The van der Waals surface area contributed by atoms with Crippen molar-refractivity contribution < 1.29 is 26.4 Å². The van der Waals surface area contributed by atoms with Crippen molar-refractivity contribution >= 4 is 32.5 Å². The number of fused-ring (bicyclic) bond motifs is 1. The number of ketones is 1. The number of carbonyl (C=O) groups is 1. The highest BCUT2D eigenvalue weighted by Gasteiger charge is 2.37. The van der Waals surface area contributed by atoms with E-state index in [1.54, 1.807) is 12.1 Å². The zero-order chi connectivity index (χ0) is 23.1. The fourth-order valence-electron chi connectivity index (χ4n) is 3.19. The minimum atomic E-state index is -4.81. The molecule has 0 saturated carbocycles. The molecule has 1 aromatic carbocycles. The summed E-state index contributed by atoms with van der Waals surface area (Å²) in [4.78, 5) is 22.2. The lowest BCUT2D eigenvalue weighted by Gasteiger charge is -2.22. The molecule has 1 atom stereocenters. The van der Waals surface area contributed by atoms with E-state index >= 15 is 0 Å². The lowest BCUT2D eigenvalue weighted by Crippen LogP contribution is -2.21. The highest BCUT2D eigenvalue weighted by molar-refractivity contribution is 7.90. The smallest absolute Gasteiger partial charge is 0.357 e. The van der Waals surface area contributed by atoms with Gasteiger partial charge in [-0.05, 0) is 36.4 Å². The van der Waals surface area contributed by atoms with E-state index < -0.39 is 39.1 Å². The Balaban J connectivity index is 2.01. The second-order valence-corrected chi connectivity index (χ2v) is 9.64. The van der Waals surface area contributed by atoms with E-state index in [9.17, 15) is 26.4 Å². The molecule has 0 radical (unpaired) electrons. The minimum Gasteiger partial charge on any atom is -0.357 e. The van der Waals surface area contributed by atoms with E-state index in [1.165, 1.54) is 12.1 Å². The van der Waals surface area contributed by atoms with E-state index in [0.29, 0.717) is 11.2 Å². The Kier molecular flexibility index (Phi) is 5.83. The lowest BCUT2D eigenvalue weighted by atomic mass is 10.0. The number of rotatable bonds is 6. The van der Waals surface area contributed by atoms with Crippen molar-refractivity contribution in [2.75, 3.05) is 11.6 Å². The predicted octanol–water partition coefficient (Wildman–Crippen LogP) is 4.39. The van der Waals surface area contributed by atoms with Gasteiger partial charge in [-0.2, -0.15) is 13.2 Å². The molecule has 3 rings (SSSR count). The molecule has 166 valence electrons. The van der Waals surface area contributed by atoms with E-state index in [4.69, 9.17) is 0 Å². The second kappa shape index (κ2) is 7.95. The van der Waals surface area contributed by atoms with E-state index in [2.05, 4.69) is 20.3 Å². The monoisotopic (exact) mass is 454 g/mol. The normalized spacial score (nSPS) is 13.5. The van der Waals surface area contributed by atoms with Crippen molar-refractivity contribution in [2.45, 2.75) is 37.9 Å². The zero-order valence-electron chi connectivity index (χ0n) is 17.2. The number of anilines is 1. The number of Topliss-reactive ketones (excluding diaryl/α,β-unsaturated/α-hetero) is 1. The third-order valence-electron chi connectivity index (χ3n) is 4.77. The molecule has 3 aromatic rings. The second-order valence-electron chi connectivity index (χ2n) is 7.62. The zero-order valence-corrected chi connectivity index (χ0v) is 18.0. The summed E-state index contributed by atoms with van der Waals surface area (Å²) in [5, 5.41) is 3.64. The maximum absolute atomic E-state index is 13.4. The number of nitrogens with zero attached hydrogens (tertiary/aromatic N) is 2. The molecule has 0 spiro atoms. The number of alkyl halides is 3. The fourth-order valence-corrected chi connectivity index (χ4v) is 3.84. The van der Waals surface area contributed by atoms with Gasteiger partial charge in [0.15, 0.2) is 21.3 Å².